The number of halogens is 1. The maximum Gasteiger partial charge on any atom is 0.335 e. The predicted octanol–water partition coefficient (Wildman–Crippen LogP) is 4.05. The molecular formula is C16H22ClNO2. The summed E-state index contributed by atoms with van der Waals surface area (Å²) in [6, 6.07) is 5.60. The molecule has 0 radical (unpaired) electrons. The summed E-state index contributed by atoms with van der Waals surface area (Å²) in [5.41, 5.74) is 1.24. The molecule has 4 heteroatoms. The minimum absolute atomic E-state index is 0.243. The molecule has 1 aliphatic rings. The summed E-state index contributed by atoms with van der Waals surface area (Å²) < 4.78 is 0. The van der Waals surface area contributed by atoms with Gasteiger partial charge in [0.2, 0.25) is 0 Å². The fourth-order valence-electron chi connectivity index (χ4n) is 2.89. The number of aromatic carboxylic acids is 1. The number of benzene rings is 1. The Hall–Kier alpha value is -1.06. The molecule has 1 N–H and O–H groups in total. The fraction of sp³-hybridized carbons (Fsp3) is 0.562. The topological polar surface area (TPSA) is 40.5 Å². The van der Waals surface area contributed by atoms with Crippen molar-refractivity contribution in [3.8, 4) is 0 Å². The molecular weight excluding hydrogens is 274 g/mol. The highest BCUT2D eigenvalue weighted by molar-refractivity contribution is 6.31. The van der Waals surface area contributed by atoms with Gasteiger partial charge < -0.3 is 5.11 Å². The van der Waals surface area contributed by atoms with Crippen molar-refractivity contribution in [1.82, 2.24) is 4.90 Å². The van der Waals surface area contributed by atoms with Gasteiger partial charge in [0.25, 0.3) is 0 Å². The first-order valence-electron chi connectivity index (χ1n) is 7.19. The minimum Gasteiger partial charge on any atom is -0.478 e. The molecule has 0 unspecified atom stereocenters. The first-order valence-corrected chi connectivity index (χ1v) is 7.57. The zero-order valence-electron chi connectivity index (χ0n) is 12.1. The summed E-state index contributed by atoms with van der Waals surface area (Å²) in [4.78, 5) is 13.2. The second-order valence-corrected chi connectivity index (χ2v) is 6.35. The zero-order chi connectivity index (χ0) is 14.7. The van der Waals surface area contributed by atoms with Gasteiger partial charge in [-0.25, -0.2) is 4.79 Å². The van der Waals surface area contributed by atoms with Crippen LogP contribution < -0.4 is 0 Å². The van der Waals surface area contributed by atoms with E-state index in [1.165, 1.54) is 31.7 Å². The van der Waals surface area contributed by atoms with Crippen LogP contribution in [0.2, 0.25) is 5.02 Å². The molecule has 0 aliphatic heterocycles. The number of nitrogens with zero attached hydrogens (tertiary/aromatic N) is 1. The normalized spacial score (nSPS) is 23.0. The lowest BCUT2D eigenvalue weighted by Crippen LogP contribution is -2.34. The van der Waals surface area contributed by atoms with Crippen LogP contribution in [0.25, 0.3) is 0 Å². The summed E-state index contributed by atoms with van der Waals surface area (Å²) in [6.45, 7) is 3.09. The van der Waals surface area contributed by atoms with Crippen molar-refractivity contribution in [1.29, 1.82) is 0 Å². The van der Waals surface area contributed by atoms with E-state index < -0.39 is 5.97 Å². The van der Waals surface area contributed by atoms with Gasteiger partial charge in [-0.2, -0.15) is 0 Å². The molecule has 0 spiro atoms. The number of hydrogen-bond acceptors (Lipinski definition) is 2. The van der Waals surface area contributed by atoms with Crippen LogP contribution in [0.1, 0.15) is 48.5 Å². The molecule has 0 bridgehead atoms. The van der Waals surface area contributed by atoms with Crippen LogP contribution in [0.3, 0.4) is 0 Å². The molecule has 3 nitrogen and oxygen atoms in total. The van der Waals surface area contributed by atoms with E-state index in [1.54, 1.807) is 6.07 Å². The smallest absolute Gasteiger partial charge is 0.335 e. The van der Waals surface area contributed by atoms with Crippen molar-refractivity contribution in [2.75, 3.05) is 7.05 Å². The molecule has 0 heterocycles. The second kappa shape index (κ2) is 6.59. The molecule has 1 fully saturated rings. The average Bonchev–Trinajstić information content (AvgIpc) is 2.41. The summed E-state index contributed by atoms with van der Waals surface area (Å²) >= 11 is 6.19. The van der Waals surface area contributed by atoms with E-state index in [2.05, 4.69) is 18.9 Å². The molecule has 0 saturated heterocycles. The van der Waals surface area contributed by atoms with Crippen LogP contribution in [-0.4, -0.2) is 29.1 Å². The monoisotopic (exact) mass is 295 g/mol. The Kier molecular flexibility index (Phi) is 5.06. The van der Waals surface area contributed by atoms with Crippen LogP contribution in [0, 0.1) is 5.92 Å². The van der Waals surface area contributed by atoms with E-state index in [9.17, 15) is 4.79 Å². The van der Waals surface area contributed by atoms with Crippen LogP contribution in [0.5, 0.6) is 0 Å². The second-order valence-electron chi connectivity index (χ2n) is 5.94. The molecule has 1 aromatic rings. The molecule has 0 amide bonds. The summed E-state index contributed by atoms with van der Waals surface area (Å²) in [7, 11) is 2.13. The fourth-order valence-corrected chi connectivity index (χ4v) is 3.13. The van der Waals surface area contributed by atoms with Crippen molar-refractivity contribution in [3.05, 3.63) is 34.3 Å². The Morgan fingerprint density at radius 3 is 2.55 bits per heavy atom. The van der Waals surface area contributed by atoms with E-state index >= 15 is 0 Å². The molecule has 0 atom stereocenters. The van der Waals surface area contributed by atoms with Gasteiger partial charge in [0.15, 0.2) is 0 Å². The highest BCUT2D eigenvalue weighted by Crippen LogP contribution is 2.28. The molecule has 20 heavy (non-hydrogen) atoms. The van der Waals surface area contributed by atoms with Crippen molar-refractivity contribution in [3.63, 3.8) is 0 Å². The number of hydrogen-bond donors (Lipinski definition) is 1. The Labute approximate surface area is 125 Å². The van der Waals surface area contributed by atoms with E-state index in [0.717, 1.165) is 18.0 Å². The van der Waals surface area contributed by atoms with Gasteiger partial charge in [0, 0.05) is 17.6 Å². The summed E-state index contributed by atoms with van der Waals surface area (Å²) in [5, 5.41) is 9.48. The largest absolute Gasteiger partial charge is 0.478 e. The average molecular weight is 296 g/mol. The van der Waals surface area contributed by atoms with Gasteiger partial charge in [-0.15, -0.1) is 0 Å². The van der Waals surface area contributed by atoms with Gasteiger partial charge in [-0.05, 0) is 56.3 Å². The van der Waals surface area contributed by atoms with Gasteiger partial charge in [-0.3, -0.25) is 4.90 Å². The third kappa shape index (κ3) is 3.74. The Morgan fingerprint density at radius 1 is 1.35 bits per heavy atom. The third-order valence-corrected chi connectivity index (χ3v) is 4.68. The van der Waals surface area contributed by atoms with E-state index in [1.807, 2.05) is 6.07 Å². The van der Waals surface area contributed by atoms with Crippen molar-refractivity contribution < 1.29 is 9.90 Å². The van der Waals surface area contributed by atoms with E-state index in [-0.39, 0.29) is 5.56 Å². The SMILES string of the molecule is CC1CCC(N(C)Cc2ccc(C(=O)O)cc2Cl)CC1. The number of carboxylic acids is 1. The lowest BCUT2D eigenvalue weighted by atomic mass is 9.86. The molecule has 1 aromatic carbocycles. The Bertz CT molecular complexity index is 481. The molecule has 2 rings (SSSR count). The Morgan fingerprint density at radius 2 is 2.00 bits per heavy atom. The highest BCUT2D eigenvalue weighted by Gasteiger charge is 2.22. The van der Waals surface area contributed by atoms with E-state index in [0.29, 0.717) is 11.1 Å². The lowest BCUT2D eigenvalue weighted by molar-refractivity contribution is 0.0697. The minimum atomic E-state index is -0.937. The maximum atomic E-state index is 10.9. The van der Waals surface area contributed by atoms with Crippen molar-refractivity contribution >= 4 is 17.6 Å². The predicted molar refractivity (Wildman–Crippen MR) is 81.3 cm³/mol. The lowest BCUT2D eigenvalue weighted by Gasteiger charge is -2.33. The number of carboxylic acid groups (broad SMARTS) is 1. The van der Waals surface area contributed by atoms with Crippen LogP contribution in [-0.2, 0) is 6.54 Å². The summed E-state index contributed by atoms with van der Waals surface area (Å²) in [5.74, 6) is -0.0915. The maximum absolute atomic E-state index is 10.9. The highest BCUT2D eigenvalue weighted by atomic mass is 35.5. The van der Waals surface area contributed by atoms with Crippen molar-refractivity contribution in [2.45, 2.75) is 45.2 Å². The molecule has 0 aromatic heterocycles. The van der Waals surface area contributed by atoms with Crippen LogP contribution >= 0.6 is 11.6 Å². The van der Waals surface area contributed by atoms with Gasteiger partial charge >= 0.3 is 5.97 Å². The summed E-state index contributed by atoms with van der Waals surface area (Å²) in [6.07, 6.45) is 5.06. The zero-order valence-corrected chi connectivity index (χ0v) is 12.9. The van der Waals surface area contributed by atoms with Crippen molar-refractivity contribution in [2.24, 2.45) is 5.92 Å². The number of carbonyl (C=O) groups is 1. The molecule has 1 aliphatic carbocycles. The first-order chi connectivity index (χ1) is 9.47. The van der Waals surface area contributed by atoms with Gasteiger partial charge in [-0.1, -0.05) is 24.6 Å². The van der Waals surface area contributed by atoms with E-state index in [4.69, 9.17) is 16.7 Å². The van der Waals surface area contributed by atoms with Crippen LogP contribution in [0.4, 0.5) is 0 Å². The Balaban J connectivity index is 2.00. The van der Waals surface area contributed by atoms with Gasteiger partial charge in [0.05, 0.1) is 5.56 Å². The third-order valence-electron chi connectivity index (χ3n) is 4.33. The molecule has 110 valence electrons. The van der Waals surface area contributed by atoms with Gasteiger partial charge in [0.1, 0.15) is 0 Å². The van der Waals surface area contributed by atoms with Crippen LogP contribution in [0.15, 0.2) is 18.2 Å². The standard InChI is InChI=1S/C16H22ClNO2/c1-11-3-7-14(8-4-11)18(2)10-13-6-5-12(16(19)20)9-15(13)17/h5-6,9,11,14H,3-4,7-8,10H2,1-2H3,(H,19,20). The quantitative estimate of drug-likeness (QED) is 0.911. The first kappa shape index (κ1) is 15.3. The molecule has 1 saturated carbocycles. The number of rotatable bonds is 4.